The fourth-order valence-corrected chi connectivity index (χ4v) is 3.28. The third-order valence-electron chi connectivity index (χ3n) is 3.78. The van der Waals surface area contributed by atoms with Crippen LogP contribution in [0.25, 0.3) is 0 Å². The summed E-state index contributed by atoms with van der Waals surface area (Å²) in [4.78, 5) is 24.1. The molecule has 2 N–H and O–H groups in total. The number of carbonyl (C=O) groups is 2. The van der Waals surface area contributed by atoms with Crippen LogP contribution in [0.5, 0.6) is 0 Å². The van der Waals surface area contributed by atoms with Crippen LogP contribution in [0.1, 0.15) is 50.8 Å². The number of amides is 2. The molecule has 0 bridgehead atoms. The highest BCUT2D eigenvalue weighted by Gasteiger charge is 2.28. The van der Waals surface area contributed by atoms with E-state index in [9.17, 15) is 18.0 Å². The second-order valence-corrected chi connectivity index (χ2v) is 9.77. The molecule has 0 spiro atoms. The molecule has 2 amide bonds. The molecule has 1 heterocycles. The van der Waals surface area contributed by atoms with Gasteiger partial charge < -0.3 is 19.8 Å². The molecule has 10 nitrogen and oxygen atoms in total. The number of ether oxygens (including phenoxy) is 1. The molecule has 0 radical (unpaired) electrons. The summed E-state index contributed by atoms with van der Waals surface area (Å²) < 4.78 is 35.2. The predicted molar refractivity (Wildman–Crippen MR) is 109 cm³/mol. The lowest BCUT2D eigenvalue weighted by atomic mass is 10.1. The number of sulfone groups is 1. The third-order valence-corrected chi connectivity index (χ3v) is 5.12. The zero-order chi connectivity index (χ0) is 22.7. The van der Waals surface area contributed by atoms with Gasteiger partial charge in [-0.1, -0.05) is 17.2 Å². The van der Waals surface area contributed by atoms with Crippen LogP contribution in [-0.4, -0.2) is 42.0 Å². The number of hydrogen-bond donors (Lipinski definition) is 2. The molecular weight excluding hydrogens is 412 g/mol. The van der Waals surface area contributed by atoms with E-state index in [0.29, 0.717) is 5.69 Å². The summed E-state index contributed by atoms with van der Waals surface area (Å²) in [6.45, 7) is 10.3. The first kappa shape index (κ1) is 23.3. The van der Waals surface area contributed by atoms with Gasteiger partial charge in [-0.3, -0.25) is 4.79 Å². The van der Waals surface area contributed by atoms with Gasteiger partial charge >= 0.3 is 11.3 Å². The minimum Gasteiger partial charge on any atom is -0.444 e. The van der Waals surface area contributed by atoms with Gasteiger partial charge in [0.25, 0.3) is 0 Å². The highest BCUT2D eigenvalue weighted by Crippen LogP contribution is 2.19. The average Bonchev–Trinajstić information content (AvgIpc) is 3.07. The number of nitrogens with zero attached hydrogens (tertiary/aromatic N) is 2. The summed E-state index contributed by atoms with van der Waals surface area (Å²) in [7, 11) is -4.17. The molecule has 0 aliphatic carbocycles. The number of hydrogen-bond acceptors (Lipinski definition) is 8. The Hall–Kier alpha value is -2.95. The maximum Gasteiger partial charge on any atom is 0.408 e. The molecule has 0 saturated heterocycles. The lowest BCUT2D eigenvalue weighted by Crippen LogP contribution is -2.34. The summed E-state index contributed by atoms with van der Waals surface area (Å²) >= 11 is 0. The van der Waals surface area contributed by atoms with Gasteiger partial charge in [0.05, 0.1) is 0 Å². The second-order valence-electron chi connectivity index (χ2n) is 7.90. The number of anilines is 1. The summed E-state index contributed by atoms with van der Waals surface area (Å²) in [6.07, 6.45) is -0.717. The quantitative estimate of drug-likeness (QED) is 0.701. The molecule has 1 atom stereocenters. The van der Waals surface area contributed by atoms with Gasteiger partial charge in [-0.05, 0) is 58.7 Å². The number of aromatic nitrogens is 2. The Morgan fingerprint density at radius 1 is 1.20 bits per heavy atom. The number of alkyl carbamates (subject to hydrolysis) is 1. The Bertz CT molecular complexity index is 1040. The summed E-state index contributed by atoms with van der Waals surface area (Å²) in [6, 6.07) is 4.66. The molecule has 30 heavy (non-hydrogen) atoms. The van der Waals surface area contributed by atoms with E-state index < -0.39 is 44.5 Å². The lowest BCUT2D eigenvalue weighted by Gasteiger charge is -2.20. The minimum atomic E-state index is -4.17. The van der Waals surface area contributed by atoms with Crippen molar-refractivity contribution >= 4 is 27.5 Å². The van der Waals surface area contributed by atoms with Crippen LogP contribution < -0.4 is 10.6 Å². The van der Waals surface area contributed by atoms with Crippen molar-refractivity contribution in [1.82, 2.24) is 15.5 Å². The number of nitrogens with one attached hydrogen (secondary N) is 2. The van der Waals surface area contributed by atoms with Crippen molar-refractivity contribution in [3.8, 4) is 0 Å². The number of aryl methyl sites for hydroxylation is 2. The molecule has 0 aliphatic heterocycles. The van der Waals surface area contributed by atoms with Crippen molar-refractivity contribution in [2.45, 2.75) is 58.4 Å². The maximum absolute atomic E-state index is 12.5. The molecule has 2 rings (SSSR count). The average molecular weight is 439 g/mol. The molecule has 0 saturated carbocycles. The molecule has 0 unspecified atom stereocenters. The number of rotatable bonds is 6. The Morgan fingerprint density at radius 2 is 1.87 bits per heavy atom. The van der Waals surface area contributed by atoms with Crippen molar-refractivity contribution in [2.75, 3.05) is 11.1 Å². The molecule has 0 aliphatic rings. The number of carbonyl (C=O) groups excluding carboxylic acids is 2. The highest BCUT2D eigenvalue weighted by molar-refractivity contribution is 7.91. The first-order valence-corrected chi connectivity index (χ1v) is 10.8. The summed E-state index contributed by atoms with van der Waals surface area (Å²) in [5.74, 6) is -1.73. The van der Waals surface area contributed by atoms with E-state index in [2.05, 4.69) is 20.8 Å². The largest absolute Gasteiger partial charge is 0.444 e. The topological polar surface area (TPSA) is 140 Å². The third kappa shape index (κ3) is 6.55. The Kier molecular flexibility index (Phi) is 6.86. The van der Waals surface area contributed by atoms with Crippen LogP contribution >= 0.6 is 0 Å². The first-order chi connectivity index (χ1) is 13.8. The fraction of sp³-hybridized carbons (Fsp3) is 0.474. The van der Waals surface area contributed by atoms with E-state index in [1.54, 1.807) is 33.8 Å². The van der Waals surface area contributed by atoms with Crippen LogP contribution in [0.2, 0.25) is 0 Å². The van der Waals surface area contributed by atoms with Crippen molar-refractivity contribution in [3.05, 3.63) is 35.2 Å². The Morgan fingerprint density at radius 3 is 2.50 bits per heavy atom. The molecule has 2 aromatic rings. The van der Waals surface area contributed by atoms with Crippen molar-refractivity contribution in [3.63, 3.8) is 0 Å². The van der Waals surface area contributed by atoms with Gasteiger partial charge in [0.2, 0.25) is 21.6 Å². The van der Waals surface area contributed by atoms with Gasteiger partial charge in [0.15, 0.2) is 0 Å². The maximum atomic E-state index is 12.5. The number of benzene rings is 1. The fourth-order valence-electron chi connectivity index (χ4n) is 2.36. The SMILES string of the molecule is Cc1ccc(C)c(NC(=O)CS(=O)(=O)c2nnc([C@H](C)NC(=O)OC(C)(C)C)o2)c1. The first-order valence-electron chi connectivity index (χ1n) is 9.19. The zero-order valence-corrected chi connectivity index (χ0v) is 18.6. The minimum absolute atomic E-state index is 0.130. The van der Waals surface area contributed by atoms with Crippen LogP contribution in [-0.2, 0) is 19.4 Å². The van der Waals surface area contributed by atoms with E-state index in [1.807, 2.05) is 19.1 Å². The molecule has 1 aromatic heterocycles. The Balaban J connectivity index is 2.05. The van der Waals surface area contributed by atoms with Crippen molar-refractivity contribution in [2.24, 2.45) is 0 Å². The molecule has 0 fully saturated rings. The molecule has 1 aromatic carbocycles. The van der Waals surface area contributed by atoms with Gasteiger partial charge in [-0.15, -0.1) is 5.10 Å². The van der Waals surface area contributed by atoms with Crippen molar-refractivity contribution < 1.29 is 27.2 Å². The summed E-state index contributed by atoms with van der Waals surface area (Å²) in [5.41, 5.74) is 1.55. The summed E-state index contributed by atoms with van der Waals surface area (Å²) in [5, 5.41) is 11.5. The van der Waals surface area contributed by atoms with Gasteiger partial charge in [-0.25, -0.2) is 13.2 Å². The molecular formula is C19H26N4O6S. The van der Waals surface area contributed by atoms with Crippen LogP contribution in [0.15, 0.2) is 27.8 Å². The highest BCUT2D eigenvalue weighted by atomic mass is 32.2. The zero-order valence-electron chi connectivity index (χ0n) is 17.8. The van der Waals surface area contributed by atoms with Gasteiger partial charge in [0, 0.05) is 5.69 Å². The molecule has 11 heteroatoms. The van der Waals surface area contributed by atoms with E-state index >= 15 is 0 Å². The Labute approximate surface area is 175 Å². The van der Waals surface area contributed by atoms with E-state index in [4.69, 9.17) is 9.15 Å². The van der Waals surface area contributed by atoms with Gasteiger partial charge in [0.1, 0.15) is 17.4 Å². The van der Waals surface area contributed by atoms with Crippen LogP contribution in [0, 0.1) is 13.8 Å². The standard InChI is InChI=1S/C19H26N4O6S/c1-11-7-8-12(2)14(9-11)21-15(24)10-30(26,27)18-23-22-16(28-18)13(3)20-17(25)29-19(4,5)6/h7-9,13H,10H2,1-6H3,(H,20,25)(H,21,24)/t13-/m0/s1. The lowest BCUT2D eigenvalue weighted by molar-refractivity contribution is -0.113. The van der Waals surface area contributed by atoms with Crippen LogP contribution in [0.3, 0.4) is 0 Å². The van der Waals surface area contributed by atoms with Crippen molar-refractivity contribution in [1.29, 1.82) is 0 Å². The van der Waals surface area contributed by atoms with E-state index in [-0.39, 0.29) is 5.89 Å². The van der Waals surface area contributed by atoms with Gasteiger partial charge in [-0.2, -0.15) is 0 Å². The monoisotopic (exact) mass is 438 g/mol. The van der Waals surface area contributed by atoms with E-state index in [0.717, 1.165) is 11.1 Å². The van der Waals surface area contributed by atoms with Crippen LogP contribution in [0.4, 0.5) is 10.5 Å². The van der Waals surface area contributed by atoms with E-state index in [1.165, 1.54) is 6.92 Å². The second kappa shape index (κ2) is 8.82. The normalized spacial score (nSPS) is 12.9. The predicted octanol–water partition coefficient (Wildman–Crippen LogP) is 2.68. The molecule has 164 valence electrons. The smallest absolute Gasteiger partial charge is 0.408 e.